The lowest BCUT2D eigenvalue weighted by molar-refractivity contribution is -0.274. The number of aryl methyl sites for hydroxylation is 2. The quantitative estimate of drug-likeness (QED) is 0.339. The Bertz CT molecular complexity index is 1360. The van der Waals surface area contributed by atoms with E-state index < -0.39 is 29.2 Å². The lowest BCUT2D eigenvalue weighted by atomic mass is 9.76. The highest BCUT2D eigenvalue weighted by Gasteiger charge is 2.59. The molecular weight excluding hydrogens is 518 g/mol. The average molecular weight is 538 g/mol. The second-order valence-corrected chi connectivity index (χ2v) is 9.13. The number of hydrogen-bond donors (Lipinski definition) is 2. The lowest BCUT2D eigenvalue weighted by Gasteiger charge is -2.37. The van der Waals surface area contributed by atoms with E-state index >= 15 is 0 Å². The summed E-state index contributed by atoms with van der Waals surface area (Å²) in [6, 6.07) is 12.2. The van der Waals surface area contributed by atoms with Gasteiger partial charge in [-0.2, -0.15) is 18.4 Å². The van der Waals surface area contributed by atoms with Crippen LogP contribution in [-0.2, 0) is 5.60 Å². The molecule has 5 nitrogen and oxygen atoms in total. The van der Waals surface area contributed by atoms with Crippen LogP contribution in [0.15, 0.2) is 48.5 Å². The number of carboxylic acids is 1. The maximum Gasteiger partial charge on any atom is 0.422 e. The van der Waals surface area contributed by atoms with E-state index in [1.54, 1.807) is 0 Å². The standard InChI is InChI=1S/C26H20Cl2F3NO4/c1-13-8-16(9-14(2)21(13)12-32)25(35,26(29,30)31)15(3)19-6-4-17(10-22(19)27)36-18-5-7-20(24(33)34)23(28)11-18/h4-11,15,35H,1-3H3,(H,33,34)/t15-,25-/m0/s1. The van der Waals surface area contributed by atoms with E-state index in [-0.39, 0.29) is 38.2 Å². The van der Waals surface area contributed by atoms with E-state index in [4.69, 9.17) is 33.0 Å². The van der Waals surface area contributed by atoms with Crippen molar-refractivity contribution in [3.05, 3.63) is 92.0 Å². The van der Waals surface area contributed by atoms with Gasteiger partial charge in [-0.3, -0.25) is 0 Å². The molecule has 0 heterocycles. The van der Waals surface area contributed by atoms with Crippen LogP contribution in [0.2, 0.25) is 10.0 Å². The number of halogens is 5. The first-order valence-electron chi connectivity index (χ1n) is 10.5. The molecule has 0 saturated heterocycles. The predicted octanol–water partition coefficient (Wildman–Crippen LogP) is 7.53. The van der Waals surface area contributed by atoms with E-state index in [9.17, 15) is 28.3 Å². The second kappa shape index (κ2) is 10.0. The van der Waals surface area contributed by atoms with Crippen molar-refractivity contribution in [2.24, 2.45) is 0 Å². The Kier molecular flexibility index (Phi) is 7.61. The fourth-order valence-electron chi connectivity index (χ4n) is 4.04. The van der Waals surface area contributed by atoms with E-state index in [1.165, 1.54) is 57.2 Å². The van der Waals surface area contributed by atoms with Gasteiger partial charge in [-0.25, -0.2) is 4.79 Å². The summed E-state index contributed by atoms with van der Waals surface area (Å²) in [5, 5.41) is 29.3. The van der Waals surface area contributed by atoms with Crippen LogP contribution in [0.5, 0.6) is 11.5 Å². The average Bonchev–Trinajstić information content (AvgIpc) is 2.77. The summed E-state index contributed by atoms with van der Waals surface area (Å²) >= 11 is 12.3. The van der Waals surface area contributed by atoms with Crippen molar-refractivity contribution in [3.8, 4) is 17.6 Å². The Morgan fingerprint density at radius 3 is 1.97 bits per heavy atom. The van der Waals surface area contributed by atoms with Crippen LogP contribution in [0, 0.1) is 25.2 Å². The molecular formula is C26H20Cl2F3NO4. The molecule has 3 rings (SSSR count). The van der Waals surface area contributed by atoms with Crippen molar-refractivity contribution in [2.45, 2.75) is 38.5 Å². The van der Waals surface area contributed by atoms with E-state index in [1.807, 2.05) is 6.07 Å². The van der Waals surface area contributed by atoms with E-state index in [2.05, 4.69) is 0 Å². The van der Waals surface area contributed by atoms with Gasteiger partial charge in [-0.15, -0.1) is 0 Å². The van der Waals surface area contributed by atoms with Crippen molar-refractivity contribution in [1.29, 1.82) is 5.26 Å². The molecule has 2 atom stereocenters. The summed E-state index contributed by atoms with van der Waals surface area (Å²) in [6.07, 6.45) is -5.07. The highest BCUT2D eigenvalue weighted by atomic mass is 35.5. The first-order chi connectivity index (χ1) is 16.7. The van der Waals surface area contributed by atoms with Gasteiger partial charge in [0.25, 0.3) is 0 Å². The molecule has 10 heteroatoms. The molecule has 0 radical (unpaired) electrons. The smallest absolute Gasteiger partial charge is 0.422 e. The number of aliphatic hydroxyl groups is 1. The van der Waals surface area contributed by atoms with Crippen molar-refractivity contribution in [1.82, 2.24) is 0 Å². The molecule has 0 aliphatic heterocycles. The van der Waals surface area contributed by atoms with Gasteiger partial charge >= 0.3 is 12.1 Å². The van der Waals surface area contributed by atoms with Crippen LogP contribution in [0.1, 0.15) is 51.0 Å². The number of nitrogens with zero attached hydrogens (tertiary/aromatic N) is 1. The molecule has 0 bridgehead atoms. The highest BCUT2D eigenvalue weighted by Crippen LogP contribution is 2.50. The van der Waals surface area contributed by atoms with Gasteiger partial charge in [0.2, 0.25) is 0 Å². The van der Waals surface area contributed by atoms with Gasteiger partial charge in [0.05, 0.1) is 22.2 Å². The summed E-state index contributed by atoms with van der Waals surface area (Å²) in [5.41, 5.74) is -2.95. The van der Waals surface area contributed by atoms with Crippen molar-refractivity contribution >= 4 is 29.2 Å². The Morgan fingerprint density at radius 2 is 1.53 bits per heavy atom. The number of hydrogen-bond acceptors (Lipinski definition) is 4. The number of rotatable bonds is 6. The highest BCUT2D eigenvalue weighted by molar-refractivity contribution is 6.33. The molecule has 0 amide bonds. The minimum atomic E-state index is -5.07. The maximum absolute atomic E-state index is 14.4. The zero-order chi connectivity index (χ0) is 27.0. The number of aromatic carboxylic acids is 1. The second-order valence-electron chi connectivity index (χ2n) is 8.31. The Hall–Kier alpha value is -3.25. The third-order valence-electron chi connectivity index (χ3n) is 5.99. The fourth-order valence-corrected chi connectivity index (χ4v) is 4.62. The number of benzene rings is 3. The molecule has 0 unspecified atom stereocenters. The molecule has 0 saturated carbocycles. The number of alkyl halides is 3. The van der Waals surface area contributed by atoms with Crippen molar-refractivity contribution < 1.29 is 32.9 Å². The molecule has 3 aromatic carbocycles. The topological polar surface area (TPSA) is 90.6 Å². The molecule has 0 spiro atoms. The van der Waals surface area contributed by atoms with Crippen LogP contribution < -0.4 is 4.74 Å². The zero-order valence-electron chi connectivity index (χ0n) is 19.2. The van der Waals surface area contributed by atoms with E-state index in [0.29, 0.717) is 11.1 Å². The lowest BCUT2D eigenvalue weighted by Crippen LogP contribution is -2.46. The van der Waals surface area contributed by atoms with Crippen LogP contribution in [0.25, 0.3) is 0 Å². The zero-order valence-corrected chi connectivity index (χ0v) is 20.8. The van der Waals surface area contributed by atoms with Gasteiger partial charge in [0.1, 0.15) is 11.5 Å². The SMILES string of the molecule is Cc1cc([C@@](O)([C@@H](C)c2ccc(Oc3ccc(C(=O)O)c(Cl)c3)cc2Cl)C(F)(F)F)cc(C)c1C#N. The number of ether oxygens (including phenoxy) is 1. The van der Waals surface area contributed by atoms with Gasteiger partial charge in [0, 0.05) is 17.0 Å². The Balaban J connectivity index is 2.01. The monoisotopic (exact) mass is 537 g/mol. The molecule has 0 aliphatic rings. The molecule has 0 aliphatic carbocycles. The van der Waals surface area contributed by atoms with Crippen LogP contribution in [0.4, 0.5) is 13.2 Å². The minimum absolute atomic E-state index is 0.0164. The molecule has 0 aromatic heterocycles. The van der Waals surface area contributed by atoms with Gasteiger partial charge < -0.3 is 14.9 Å². The van der Waals surface area contributed by atoms with Gasteiger partial charge in [-0.05, 0) is 60.4 Å². The Labute approximate surface area is 215 Å². The van der Waals surface area contributed by atoms with Crippen LogP contribution in [0.3, 0.4) is 0 Å². The molecule has 0 fully saturated rings. The van der Waals surface area contributed by atoms with Gasteiger partial charge in [0.15, 0.2) is 5.60 Å². The molecule has 36 heavy (non-hydrogen) atoms. The maximum atomic E-state index is 14.4. The van der Waals surface area contributed by atoms with E-state index in [0.717, 1.165) is 12.1 Å². The van der Waals surface area contributed by atoms with Crippen molar-refractivity contribution in [2.75, 3.05) is 0 Å². The number of carbonyl (C=O) groups is 1. The molecule has 2 N–H and O–H groups in total. The van der Waals surface area contributed by atoms with Crippen LogP contribution >= 0.6 is 23.2 Å². The summed E-state index contributed by atoms with van der Waals surface area (Å²) in [4.78, 5) is 11.1. The summed E-state index contributed by atoms with van der Waals surface area (Å²) in [6.45, 7) is 4.22. The first kappa shape index (κ1) is 27.3. The number of nitriles is 1. The predicted molar refractivity (Wildman–Crippen MR) is 129 cm³/mol. The Morgan fingerprint density at radius 1 is 1.00 bits per heavy atom. The third kappa shape index (κ3) is 5.00. The fraction of sp³-hybridized carbons (Fsp3) is 0.231. The largest absolute Gasteiger partial charge is 0.478 e. The summed E-state index contributed by atoms with van der Waals surface area (Å²) < 4.78 is 48.7. The molecule has 188 valence electrons. The third-order valence-corrected chi connectivity index (χ3v) is 6.63. The summed E-state index contributed by atoms with van der Waals surface area (Å²) in [5.74, 6) is -2.39. The minimum Gasteiger partial charge on any atom is -0.478 e. The summed E-state index contributed by atoms with van der Waals surface area (Å²) in [7, 11) is 0. The first-order valence-corrected chi connectivity index (χ1v) is 11.3. The van der Waals surface area contributed by atoms with Crippen LogP contribution in [-0.4, -0.2) is 22.4 Å². The number of carboxylic acid groups (broad SMARTS) is 1. The normalized spacial score (nSPS) is 14.0. The molecule has 3 aromatic rings. The van der Waals surface area contributed by atoms with Gasteiger partial charge in [-0.1, -0.05) is 48.3 Å². The van der Waals surface area contributed by atoms with Crippen molar-refractivity contribution in [3.63, 3.8) is 0 Å².